The Balaban J connectivity index is 2.19. The summed E-state index contributed by atoms with van der Waals surface area (Å²) in [5, 5.41) is 10.6. The van der Waals surface area contributed by atoms with Gasteiger partial charge in [0.1, 0.15) is 5.40 Å². The first-order valence-corrected chi connectivity index (χ1v) is 6.13. The Morgan fingerprint density at radius 2 is 2.43 bits per heavy atom. The van der Waals surface area contributed by atoms with Crippen LogP contribution in [0.3, 0.4) is 0 Å². The molecule has 14 heavy (non-hydrogen) atoms. The maximum Gasteiger partial charge on any atom is 0.135 e. The van der Waals surface area contributed by atoms with Crippen molar-refractivity contribution >= 4 is 33.4 Å². The molecule has 0 amide bonds. The van der Waals surface area contributed by atoms with E-state index < -0.39 is 0 Å². The van der Waals surface area contributed by atoms with E-state index in [1.807, 2.05) is 6.07 Å². The topological polar surface area (TPSA) is 27.0 Å². The summed E-state index contributed by atoms with van der Waals surface area (Å²) in [5.41, 5.74) is 2.65. The highest BCUT2D eigenvalue weighted by Gasteiger charge is 2.18. The van der Waals surface area contributed by atoms with Gasteiger partial charge in [-0.2, -0.15) is 5.26 Å². The van der Waals surface area contributed by atoms with Gasteiger partial charge >= 0.3 is 0 Å². The number of fused-ring (bicyclic) bond motifs is 1. The Hall–Kier alpha value is -0.660. The van der Waals surface area contributed by atoms with E-state index in [0.717, 1.165) is 23.3 Å². The highest BCUT2D eigenvalue weighted by molar-refractivity contribution is 9.10. The van der Waals surface area contributed by atoms with Crippen molar-refractivity contribution in [2.24, 2.45) is 0 Å². The molecule has 2 nitrogen and oxygen atoms in total. The average Bonchev–Trinajstić information content (AvgIpc) is 2.57. The summed E-state index contributed by atoms with van der Waals surface area (Å²) in [5.74, 6) is 0.769. The van der Waals surface area contributed by atoms with Crippen molar-refractivity contribution < 1.29 is 0 Å². The van der Waals surface area contributed by atoms with E-state index in [1.54, 1.807) is 0 Å². The SMILES string of the molecule is N#CSCN1CCc2cc(Br)ccc21. The predicted octanol–water partition coefficient (Wildman–Crippen LogP) is 2.98. The number of benzene rings is 1. The largest absolute Gasteiger partial charge is 0.361 e. The summed E-state index contributed by atoms with van der Waals surface area (Å²) in [7, 11) is 0. The molecule has 0 saturated heterocycles. The van der Waals surface area contributed by atoms with E-state index in [4.69, 9.17) is 5.26 Å². The standard InChI is InChI=1S/C10H9BrN2S/c11-9-1-2-10-8(5-9)3-4-13(10)7-14-6-12/h1-2,5H,3-4,7H2. The van der Waals surface area contributed by atoms with Crippen LogP contribution in [-0.4, -0.2) is 12.4 Å². The third kappa shape index (κ3) is 1.89. The zero-order valence-electron chi connectivity index (χ0n) is 7.53. The molecule has 0 radical (unpaired) electrons. The van der Waals surface area contributed by atoms with Crippen LogP contribution in [-0.2, 0) is 6.42 Å². The number of nitrogens with zero attached hydrogens (tertiary/aromatic N) is 2. The van der Waals surface area contributed by atoms with Crippen LogP contribution >= 0.6 is 27.7 Å². The fourth-order valence-electron chi connectivity index (χ4n) is 1.68. The number of hydrogen-bond acceptors (Lipinski definition) is 3. The molecule has 1 aliphatic heterocycles. The fourth-order valence-corrected chi connectivity index (χ4v) is 2.57. The van der Waals surface area contributed by atoms with Crippen LogP contribution < -0.4 is 4.90 Å². The van der Waals surface area contributed by atoms with Gasteiger partial charge in [-0.05, 0) is 41.9 Å². The van der Waals surface area contributed by atoms with Crippen molar-refractivity contribution in [1.29, 1.82) is 5.26 Å². The second kappa shape index (κ2) is 4.24. The Labute approximate surface area is 96.0 Å². The lowest BCUT2D eigenvalue weighted by molar-refractivity contribution is 0.939. The summed E-state index contributed by atoms with van der Waals surface area (Å²) in [6, 6.07) is 6.32. The van der Waals surface area contributed by atoms with Crippen molar-refractivity contribution in [2.45, 2.75) is 6.42 Å². The summed E-state index contributed by atoms with van der Waals surface area (Å²) in [6.45, 7) is 1.03. The number of nitriles is 1. The molecule has 0 atom stereocenters. The highest BCUT2D eigenvalue weighted by atomic mass is 79.9. The molecule has 4 heteroatoms. The molecule has 0 bridgehead atoms. The molecule has 0 fully saturated rings. The van der Waals surface area contributed by atoms with Gasteiger partial charge in [-0.15, -0.1) is 0 Å². The van der Waals surface area contributed by atoms with Crippen LogP contribution in [0.5, 0.6) is 0 Å². The molecule has 0 aliphatic carbocycles. The first kappa shape index (κ1) is 9.88. The van der Waals surface area contributed by atoms with Crippen LogP contribution in [0.15, 0.2) is 22.7 Å². The number of rotatable bonds is 2. The lowest BCUT2D eigenvalue weighted by Gasteiger charge is -2.16. The van der Waals surface area contributed by atoms with Crippen molar-refractivity contribution in [2.75, 3.05) is 17.3 Å². The van der Waals surface area contributed by atoms with Gasteiger partial charge in [0.2, 0.25) is 0 Å². The van der Waals surface area contributed by atoms with E-state index in [2.05, 4.69) is 38.4 Å². The molecule has 1 aromatic carbocycles. The zero-order chi connectivity index (χ0) is 9.97. The molecule has 0 saturated carbocycles. The zero-order valence-corrected chi connectivity index (χ0v) is 9.94. The van der Waals surface area contributed by atoms with Crippen LogP contribution in [0, 0.1) is 10.7 Å². The second-order valence-corrected chi connectivity index (χ2v) is 4.80. The number of anilines is 1. The molecule has 0 aromatic heterocycles. The third-order valence-corrected chi connectivity index (χ3v) is 3.38. The summed E-state index contributed by atoms with van der Waals surface area (Å²) in [4.78, 5) is 2.25. The molecule has 1 heterocycles. The molecule has 72 valence electrons. The maximum absolute atomic E-state index is 8.50. The Bertz CT molecular complexity index is 386. The molecule has 0 spiro atoms. The van der Waals surface area contributed by atoms with E-state index in [-0.39, 0.29) is 0 Å². The minimum atomic E-state index is 0.769. The van der Waals surface area contributed by atoms with Gasteiger partial charge in [0.15, 0.2) is 0 Å². The van der Waals surface area contributed by atoms with Gasteiger partial charge in [0, 0.05) is 16.7 Å². The van der Waals surface area contributed by atoms with E-state index in [0.29, 0.717) is 0 Å². The van der Waals surface area contributed by atoms with Gasteiger partial charge in [-0.3, -0.25) is 0 Å². The first-order chi connectivity index (χ1) is 6.81. The van der Waals surface area contributed by atoms with Crippen molar-refractivity contribution in [3.63, 3.8) is 0 Å². The predicted molar refractivity (Wildman–Crippen MR) is 63.3 cm³/mol. The Kier molecular flexibility index (Phi) is 2.99. The van der Waals surface area contributed by atoms with Gasteiger partial charge < -0.3 is 4.90 Å². The number of halogens is 1. The highest BCUT2D eigenvalue weighted by Crippen LogP contribution is 2.31. The first-order valence-electron chi connectivity index (χ1n) is 4.35. The van der Waals surface area contributed by atoms with E-state index in [9.17, 15) is 0 Å². The van der Waals surface area contributed by atoms with Gasteiger partial charge in [-0.25, -0.2) is 0 Å². The summed E-state index contributed by atoms with van der Waals surface area (Å²) < 4.78 is 1.13. The average molecular weight is 269 g/mol. The molecular formula is C10H9BrN2S. The molecule has 0 unspecified atom stereocenters. The Morgan fingerprint density at radius 1 is 1.57 bits per heavy atom. The van der Waals surface area contributed by atoms with Crippen LogP contribution in [0.2, 0.25) is 0 Å². The minimum Gasteiger partial charge on any atom is -0.361 e. The number of thioether (sulfide) groups is 1. The van der Waals surface area contributed by atoms with E-state index in [1.165, 1.54) is 23.0 Å². The number of hydrogen-bond donors (Lipinski definition) is 0. The van der Waals surface area contributed by atoms with Crippen molar-refractivity contribution in [3.8, 4) is 5.40 Å². The summed E-state index contributed by atoms with van der Waals surface area (Å²) in [6.07, 6.45) is 1.08. The minimum absolute atomic E-state index is 0.769. The van der Waals surface area contributed by atoms with Crippen LogP contribution in [0.4, 0.5) is 5.69 Å². The Morgan fingerprint density at radius 3 is 3.21 bits per heavy atom. The maximum atomic E-state index is 8.50. The van der Waals surface area contributed by atoms with Gasteiger partial charge in [-0.1, -0.05) is 15.9 Å². The van der Waals surface area contributed by atoms with Crippen molar-refractivity contribution in [3.05, 3.63) is 28.2 Å². The normalized spacial score (nSPS) is 13.9. The lowest BCUT2D eigenvalue weighted by atomic mass is 10.2. The number of thiocyanates is 1. The summed E-state index contributed by atoms with van der Waals surface area (Å²) >= 11 is 4.75. The van der Waals surface area contributed by atoms with E-state index >= 15 is 0 Å². The second-order valence-electron chi connectivity index (χ2n) is 3.15. The van der Waals surface area contributed by atoms with Crippen LogP contribution in [0.25, 0.3) is 0 Å². The molecule has 1 aliphatic rings. The monoisotopic (exact) mass is 268 g/mol. The van der Waals surface area contributed by atoms with Gasteiger partial charge in [0.05, 0.1) is 5.88 Å². The fraction of sp³-hybridized carbons (Fsp3) is 0.300. The molecule has 1 aromatic rings. The third-order valence-electron chi connectivity index (χ3n) is 2.32. The smallest absolute Gasteiger partial charge is 0.135 e. The quantitative estimate of drug-likeness (QED) is 0.772. The molecular weight excluding hydrogens is 260 g/mol. The van der Waals surface area contributed by atoms with Gasteiger partial charge in [0.25, 0.3) is 0 Å². The molecule has 2 rings (SSSR count). The van der Waals surface area contributed by atoms with Crippen molar-refractivity contribution in [1.82, 2.24) is 0 Å². The lowest BCUT2D eigenvalue weighted by Crippen LogP contribution is -2.18. The van der Waals surface area contributed by atoms with Crippen LogP contribution in [0.1, 0.15) is 5.56 Å². The molecule has 0 N–H and O–H groups in total.